The third-order valence-electron chi connectivity index (χ3n) is 2.66. The molecule has 1 aromatic heterocycles. The topological polar surface area (TPSA) is 79.5 Å². The molecule has 1 aliphatic heterocycles. The van der Waals surface area contributed by atoms with E-state index in [1.54, 1.807) is 19.2 Å². The lowest BCUT2D eigenvalue weighted by molar-refractivity contribution is 0.174. The summed E-state index contributed by atoms with van der Waals surface area (Å²) >= 11 is 0. The Hall–Kier alpha value is -2.50. The van der Waals surface area contributed by atoms with Crippen molar-refractivity contribution in [3.63, 3.8) is 0 Å². The normalized spacial score (nSPS) is 12.5. The molecule has 92 valence electrons. The molecule has 2 heterocycles. The van der Waals surface area contributed by atoms with Gasteiger partial charge in [-0.2, -0.15) is 0 Å². The number of methoxy groups -OCH3 is 1. The summed E-state index contributed by atoms with van der Waals surface area (Å²) in [4.78, 5) is 8.04. The van der Waals surface area contributed by atoms with Crippen molar-refractivity contribution >= 4 is 5.82 Å². The third-order valence-corrected chi connectivity index (χ3v) is 2.66. The molecule has 0 atom stereocenters. The van der Waals surface area contributed by atoms with E-state index in [9.17, 15) is 0 Å². The number of nitrogen functional groups attached to an aromatic ring is 1. The Kier molecular flexibility index (Phi) is 2.40. The molecule has 0 unspecified atom stereocenters. The Morgan fingerprint density at radius 3 is 2.67 bits per heavy atom. The first-order valence-corrected chi connectivity index (χ1v) is 5.33. The summed E-state index contributed by atoms with van der Waals surface area (Å²) in [6.45, 7) is 0.216. The molecule has 18 heavy (non-hydrogen) atoms. The van der Waals surface area contributed by atoms with Crippen LogP contribution in [0.4, 0.5) is 5.82 Å². The Morgan fingerprint density at radius 1 is 1.17 bits per heavy atom. The highest BCUT2D eigenvalue weighted by atomic mass is 16.7. The van der Waals surface area contributed by atoms with Crippen LogP contribution >= 0.6 is 0 Å². The van der Waals surface area contributed by atoms with Gasteiger partial charge in [-0.1, -0.05) is 0 Å². The van der Waals surface area contributed by atoms with Crippen LogP contribution < -0.4 is 19.9 Å². The van der Waals surface area contributed by atoms with Crippen LogP contribution in [0.25, 0.3) is 11.3 Å². The second-order valence-electron chi connectivity index (χ2n) is 3.73. The van der Waals surface area contributed by atoms with Crippen molar-refractivity contribution < 1.29 is 14.2 Å². The van der Waals surface area contributed by atoms with Gasteiger partial charge in [-0.05, 0) is 6.07 Å². The predicted octanol–water partition coefficient (Wildman–Crippen LogP) is 1.46. The maximum Gasteiger partial charge on any atom is 0.231 e. The fourth-order valence-corrected chi connectivity index (χ4v) is 1.81. The number of rotatable bonds is 2. The van der Waals surface area contributed by atoms with Crippen LogP contribution in [0.1, 0.15) is 0 Å². The van der Waals surface area contributed by atoms with E-state index in [0.29, 0.717) is 28.8 Å². The highest BCUT2D eigenvalue weighted by Gasteiger charge is 2.19. The fraction of sp³-hybridized carbons (Fsp3) is 0.167. The van der Waals surface area contributed by atoms with Crippen molar-refractivity contribution in [3.8, 4) is 28.5 Å². The molecule has 3 rings (SSSR count). The minimum atomic E-state index is 0.216. The zero-order valence-corrected chi connectivity index (χ0v) is 9.71. The highest BCUT2D eigenvalue weighted by molar-refractivity contribution is 5.73. The van der Waals surface area contributed by atoms with Gasteiger partial charge in [-0.25, -0.2) is 9.97 Å². The van der Waals surface area contributed by atoms with Gasteiger partial charge in [-0.15, -0.1) is 0 Å². The number of hydrogen-bond donors (Lipinski definition) is 1. The molecule has 2 N–H and O–H groups in total. The van der Waals surface area contributed by atoms with Gasteiger partial charge in [0.2, 0.25) is 6.79 Å². The summed E-state index contributed by atoms with van der Waals surface area (Å²) in [7, 11) is 1.59. The molecule has 0 saturated carbocycles. The van der Waals surface area contributed by atoms with Crippen LogP contribution in [0.3, 0.4) is 0 Å². The van der Waals surface area contributed by atoms with E-state index in [2.05, 4.69) is 9.97 Å². The minimum absolute atomic E-state index is 0.216. The van der Waals surface area contributed by atoms with Crippen LogP contribution in [-0.4, -0.2) is 23.9 Å². The Bertz CT molecular complexity index is 601. The van der Waals surface area contributed by atoms with Crippen molar-refractivity contribution in [2.24, 2.45) is 0 Å². The van der Waals surface area contributed by atoms with E-state index in [1.807, 2.05) is 6.07 Å². The second kappa shape index (κ2) is 4.06. The number of nitrogens with two attached hydrogens (primary N) is 1. The minimum Gasteiger partial charge on any atom is -0.496 e. The van der Waals surface area contributed by atoms with Crippen molar-refractivity contribution in [1.29, 1.82) is 0 Å². The maximum atomic E-state index is 5.65. The number of benzene rings is 1. The zero-order chi connectivity index (χ0) is 12.5. The molecular formula is C12H11N3O3. The summed E-state index contributed by atoms with van der Waals surface area (Å²) < 4.78 is 16.0. The number of aromatic nitrogens is 2. The van der Waals surface area contributed by atoms with Gasteiger partial charge in [0, 0.05) is 17.7 Å². The largest absolute Gasteiger partial charge is 0.496 e. The van der Waals surface area contributed by atoms with E-state index in [-0.39, 0.29) is 6.79 Å². The van der Waals surface area contributed by atoms with Gasteiger partial charge in [0.15, 0.2) is 11.5 Å². The number of nitrogens with zero attached hydrogens (tertiary/aromatic N) is 2. The van der Waals surface area contributed by atoms with Gasteiger partial charge in [-0.3, -0.25) is 0 Å². The van der Waals surface area contributed by atoms with Gasteiger partial charge in [0.25, 0.3) is 0 Å². The molecule has 2 aromatic rings. The Balaban J connectivity index is 2.16. The monoisotopic (exact) mass is 245 g/mol. The average Bonchev–Trinajstić information content (AvgIpc) is 2.84. The van der Waals surface area contributed by atoms with Crippen LogP contribution in [0.5, 0.6) is 17.2 Å². The summed E-state index contributed by atoms with van der Waals surface area (Å²) in [6.07, 6.45) is 1.41. The van der Waals surface area contributed by atoms with Crippen LogP contribution in [0.2, 0.25) is 0 Å². The summed E-state index contributed by atoms with van der Waals surface area (Å²) in [5, 5.41) is 0. The quantitative estimate of drug-likeness (QED) is 0.862. The van der Waals surface area contributed by atoms with Crippen molar-refractivity contribution in [2.75, 3.05) is 19.6 Å². The fourth-order valence-electron chi connectivity index (χ4n) is 1.81. The lowest BCUT2D eigenvalue weighted by Gasteiger charge is -2.09. The first-order chi connectivity index (χ1) is 8.78. The van der Waals surface area contributed by atoms with Crippen LogP contribution in [-0.2, 0) is 0 Å². The van der Waals surface area contributed by atoms with E-state index >= 15 is 0 Å². The number of hydrogen-bond acceptors (Lipinski definition) is 6. The number of anilines is 1. The number of fused-ring (bicyclic) bond motifs is 1. The van der Waals surface area contributed by atoms with E-state index in [0.717, 1.165) is 5.56 Å². The molecule has 0 radical (unpaired) electrons. The first kappa shape index (κ1) is 10.6. The molecule has 6 nitrogen and oxygen atoms in total. The molecule has 6 heteroatoms. The number of ether oxygens (including phenoxy) is 3. The lowest BCUT2D eigenvalue weighted by Crippen LogP contribution is -1.95. The molecule has 0 fully saturated rings. The van der Waals surface area contributed by atoms with E-state index in [1.165, 1.54) is 6.33 Å². The molecule has 1 aliphatic rings. The van der Waals surface area contributed by atoms with Crippen molar-refractivity contribution in [2.45, 2.75) is 0 Å². The summed E-state index contributed by atoms with van der Waals surface area (Å²) in [5.74, 6) is 2.39. The molecule has 0 aliphatic carbocycles. The van der Waals surface area contributed by atoms with Gasteiger partial charge >= 0.3 is 0 Å². The van der Waals surface area contributed by atoms with Gasteiger partial charge < -0.3 is 19.9 Å². The van der Waals surface area contributed by atoms with Crippen LogP contribution in [0.15, 0.2) is 24.5 Å². The molecule has 0 saturated heterocycles. The zero-order valence-electron chi connectivity index (χ0n) is 9.71. The average molecular weight is 245 g/mol. The van der Waals surface area contributed by atoms with Crippen LogP contribution in [0, 0.1) is 0 Å². The SMILES string of the molecule is COc1cc2c(cc1-c1cc(N)ncn1)OCO2. The van der Waals surface area contributed by atoms with Crippen molar-refractivity contribution in [1.82, 2.24) is 9.97 Å². The smallest absolute Gasteiger partial charge is 0.231 e. The molecule has 1 aromatic carbocycles. The summed E-state index contributed by atoms with van der Waals surface area (Å²) in [5.41, 5.74) is 7.12. The maximum absolute atomic E-state index is 5.65. The van der Waals surface area contributed by atoms with Gasteiger partial charge in [0.05, 0.1) is 12.8 Å². The third kappa shape index (κ3) is 1.67. The Labute approximate surface area is 103 Å². The standard InChI is InChI=1S/C12H11N3O3/c1-16-9-4-11-10(17-6-18-11)2-7(9)8-3-12(13)15-5-14-8/h2-5H,6H2,1H3,(H2,13,14,15). The lowest BCUT2D eigenvalue weighted by atomic mass is 10.1. The molecular weight excluding hydrogens is 234 g/mol. The van der Waals surface area contributed by atoms with E-state index < -0.39 is 0 Å². The predicted molar refractivity (Wildman–Crippen MR) is 64.6 cm³/mol. The first-order valence-electron chi connectivity index (χ1n) is 5.33. The Morgan fingerprint density at radius 2 is 1.94 bits per heavy atom. The molecule has 0 amide bonds. The van der Waals surface area contributed by atoms with Crippen molar-refractivity contribution in [3.05, 3.63) is 24.5 Å². The van der Waals surface area contributed by atoms with E-state index in [4.69, 9.17) is 19.9 Å². The summed E-state index contributed by atoms with van der Waals surface area (Å²) in [6, 6.07) is 5.28. The molecule has 0 bridgehead atoms. The van der Waals surface area contributed by atoms with Gasteiger partial charge in [0.1, 0.15) is 17.9 Å². The second-order valence-corrected chi connectivity index (χ2v) is 3.73. The highest BCUT2D eigenvalue weighted by Crippen LogP contribution is 2.41. The molecule has 0 spiro atoms.